The molecule has 4 aliphatic carbocycles. The lowest BCUT2D eigenvalue weighted by molar-refractivity contribution is -0.180. The van der Waals surface area contributed by atoms with Gasteiger partial charge in [-0.2, -0.15) is 0 Å². The fourth-order valence-corrected chi connectivity index (χ4v) is 8.28. The number of Topliss-reactive ketones (excluding diaryl/α,β-unsaturated/α-hetero) is 1. The molecule has 4 rings (SSSR count). The molecule has 2 N–H and O–H groups in total. The Morgan fingerprint density at radius 3 is 2.58 bits per heavy atom. The van der Waals surface area contributed by atoms with Crippen molar-refractivity contribution in [1.29, 1.82) is 0 Å². The summed E-state index contributed by atoms with van der Waals surface area (Å²) < 4.78 is 26.8. The van der Waals surface area contributed by atoms with Gasteiger partial charge in [-0.05, 0) is 55.6 Å². The Hall–Kier alpha value is -1.15. The van der Waals surface area contributed by atoms with Gasteiger partial charge in [0, 0.05) is 31.0 Å². The van der Waals surface area contributed by atoms with Crippen molar-refractivity contribution in [3.05, 3.63) is 23.8 Å². The van der Waals surface area contributed by atoms with Crippen LogP contribution in [-0.2, 0) is 27.7 Å². The summed E-state index contributed by atoms with van der Waals surface area (Å²) in [6.45, 7) is 5.48. The summed E-state index contributed by atoms with van der Waals surface area (Å²) in [5.74, 6) is -0.441. The van der Waals surface area contributed by atoms with E-state index < -0.39 is 42.7 Å². The van der Waals surface area contributed by atoms with Crippen molar-refractivity contribution in [2.45, 2.75) is 58.2 Å². The van der Waals surface area contributed by atoms with Crippen molar-refractivity contribution in [2.75, 3.05) is 20.8 Å². The molecule has 0 spiro atoms. The molecule has 0 amide bonds. The van der Waals surface area contributed by atoms with Crippen LogP contribution < -0.4 is 0 Å². The summed E-state index contributed by atoms with van der Waals surface area (Å²) in [4.78, 5) is 25.3. The first-order valence-electron chi connectivity index (χ1n) is 11.6. The highest BCUT2D eigenvalue weighted by atomic mass is 31.2. The van der Waals surface area contributed by atoms with E-state index in [1.54, 1.807) is 12.2 Å². The monoisotopic (exact) mass is 482 g/mol. The predicted molar refractivity (Wildman–Crippen MR) is 120 cm³/mol. The molecule has 9 heteroatoms. The third kappa shape index (κ3) is 3.57. The lowest BCUT2D eigenvalue weighted by Crippen LogP contribution is -2.62. The first kappa shape index (κ1) is 25.0. The number of rotatable bonds is 6. The van der Waals surface area contributed by atoms with Crippen LogP contribution in [0.2, 0.25) is 0 Å². The number of ketones is 2. The Bertz CT molecular complexity index is 950. The van der Waals surface area contributed by atoms with E-state index in [0.29, 0.717) is 6.42 Å². The lowest BCUT2D eigenvalue weighted by Gasteiger charge is -2.60. The maximum atomic E-state index is 13.2. The molecule has 8 nitrogen and oxygen atoms in total. The van der Waals surface area contributed by atoms with Gasteiger partial charge >= 0.3 is 7.82 Å². The number of hydrogen-bond acceptors (Lipinski definition) is 8. The van der Waals surface area contributed by atoms with E-state index in [9.17, 15) is 24.4 Å². The van der Waals surface area contributed by atoms with Gasteiger partial charge in [0.2, 0.25) is 0 Å². The summed E-state index contributed by atoms with van der Waals surface area (Å²) >= 11 is 0. The largest absolute Gasteiger partial charge is 0.474 e. The predicted octanol–water partition coefficient (Wildman–Crippen LogP) is 3.23. The Balaban J connectivity index is 1.64. The minimum absolute atomic E-state index is 0.0170. The van der Waals surface area contributed by atoms with Gasteiger partial charge in [0.25, 0.3) is 0 Å². The van der Waals surface area contributed by atoms with Crippen LogP contribution in [0.4, 0.5) is 0 Å². The van der Waals surface area contributed by atoms with Crippen LogP contribution in [0, 0.1) is 34.5 Å². The number of phosphoric ester groups is 1. The van der Waals surface area contributed by atoms with Gasteiger partial charge in [-0.3, -0.25) is 23.2 Å². The molecule has 0 aromatic carbocycles. The van der Waals surface area contributed by atoms with Crippen LogP contribution in [0.5, 0.6) is 0 Å². The highest BCUT2D eigenvalue weighted by molar-refractivity contribution is 7.48. The van der Waals surface area contributed by atoms with E-state index in [-0.39, 0.29) is 42.3 Å². The first-order valence-corrected chi connectivity index (χ1v) is 13.1. The van der Waals surface area contributed by atoms with Gasteiger partial charge in [-0.1, -0.05) is 32.4 Å². The standard InChI is InChI=1S/C24H35O8P/c1-14-10-16-17-7-9-24(28,20(27)13-32-33(29,30-4)31-5)23(17,3)12-19(26)21(16)22(2)8-6-15(25)11-18(14)22/h6,8,11,14,16-17,19,21,26,28H,7,9-10,12-13H2,1-5H3/t14-,16-,17-,19?,21+,22-,23-,24-/m0/s1. The molecule has 0 bridgehead atoms. The van der Waals surface area contributed by atoms with Crippen LogP contribution in [-0.4, -0.2) is 54.3 Å². The van der Waals surface area contributed by atoms with Crippen molar-refractivity contribution in [2.24, 2.45) is 34.5 Å². The van der Waals surface area contributed by atoms with Crippen LogP contribution in [0.3, 0.4) is 0 Å². The van der Waals surface area contributed by atoms with E-state index >= 15 is 0 Å². The van der Waals surface area contributed by atoms with Crippen molar-refractivity contribution >= 4 is 19.4 Å². The third-order valence-electron chi connectivity index (χ3n) is 9.23. The summed E-state index contributed by atoms with van der Waals surface area (Å²) in [6.07, 6.45) is 6.43. The number of aliphatic hydroxyl groups excluding tert-OH is 1. The molecule has 184 valence electrons. The number of fused-ring (bicyclic) bond motifs is 5. The SMILES string of the molecule is COP(=O)(OC)OCC(=O)[C@@]1(O)CC[C@H]2[C@@H]3C[C@H](C)C4=CC(=O)C=C[C@]4(C)[C@H]3C(O)C[C@@]21C. The Morgan fingerprint density at radius 1 is 1.27 bits per heavy atom. The quantitative estimate of drug-likeness (QED) is 0.554. The molecule has 33 heavy (non-hydrogen) atoms. The summed E-state index contributed by atoms with van der Waals surface area (Å²) in [7, 11) is -1.54. The van der Waals surface area contributed by atoms with E-state index in [1.807, 2.05) is 13.0 Å². The topological polar surface area (TPSA) is 119 Å². The molecule has 0 radical (unpaired) electrons. The second-order valence-corrected chi connectivity index (χ2v) is 12.5. The number of carbonyl (C=O) groups excluding carboxylic acids is 2. The minimum atomic E-state index is -3.86. The zero-order valence-corrected chi connectivity index (χ0v) is 20.8. The van der Waals surface area contributed by atoms with Crippen molar-refractivity contribution in [1.82, 2.24) is 0 Å². The van der Waals surface area contributed by atoms with Crippen LogP contribution in [0.1, 0.15) is 46.5 Å². The van der Waals surface area contributed by atoms with Gasteiger partial charge in [0.05, 0.1) is 6.10 Å². The highest BCUT2D eigenvalue weighted by Crippen LogP contribution is 2.68. The zero-order valence-electron chi connectivity index (χ0n) is 19.9. The van der Waals surface area contributed by atoms with E-state index in [4.69, 9.17) is 13.6 Å². The number of hydrogen-bond donors (Lipinski definition) is 2. The molecule has 0 aromatic heterocycles. The van der Waals surface area contributed by atoms with E-state index in [2.05, 4.69) is 13.8 Å². The molecule has 0 aromatic rings. The third-order valence-corrected chi connectivity index (χ3v) is 10.6. The van der Waals surface area contributed by atoms with Gasteiger partial charge < -0.3 is 10.2 Å². The van der Waals surface area contributed by atoms with E-state index in [1.165, 1.54) is 0 Å². The first-order chi connectivity index (χ1) is 15.3. The highest BCUT2D eigenvalue weighted by Gasteiger charge is 2.68. The maximum Gasteiger partial charge on any atom is 0.474 e. The Labute approximate surface area is 195 Å². The van der Waals surface area contributed by atoms with Crippen LogP contribution >= 0.6 is 7.82 Å². The Kier molecular flexibility index (Phi) is 6.21. The summed E-state index contributed by atoms with van der Waals surface area (Å²) in [6, 6.07) is 0. The molecule has 0 aliphatic heterocycles. The molecule has 0 saturated heterocycles. The molecule has 0 heterocycles. The van der Waals surface area contributed by atoms with E-state index in [0.717, 1.165) is 26.2 Å². The second kappa shape index (κ2) is 8.21. The smallest absolute Gasteiger partial charge is 0.393 e. The average Bonchev–Trinajstić information content (AvgIpc) is 3.04. The normalized spacial score (nSPS) is 44.6. The van der Waals surface area contributed by atoms with Crippen LogP contribution in [0.15, 0.2) is 23.8 Å². The number of aliphatic hydroxyl groups is 2. The lowest BCUT2D eigenvalue weighted by atomic mass is 9.45. The summed E-state index contributed by atoms with van der Waals surface area (Å²) in [5, 5.41) is 23.1. The maximum absolute atomic E-state index is 13.2. The number of allylic oxidation sites excluding steroid dienone is 4. The van der Waals surface area contributed by atoms with Gasteiger partial charge in [-0.15, -0.1) is 0 Å². The molecule has 4 aliphatic rings. The summed E-state index contributed by atoms with van der Waals surface area (Å²) in [5.41, 5.74) is -1.95. The second-order valence-electron chi connectivity index (χ2n) is 10.6. The van der Waals surface area contributed by atoms with Crippen LogP contribution in [0.25, 0.3) is 0 Å². The Morgan fingerprint density at radius 2 is 1.94 bits per heavy atom. The molecule has 3 saturated carbocycles. The fraction of sp³-hybridized carbons (Fsp3) is 0.750. The van der Waals surface area contributed by atoms with Crippen molar-refractivity contribution < 1.29 is 37.9 Å². The zero-order chi connectivity index (χ0) is 24.4. The molecular weight excluding hydrogens is 447 g/mol. The molecule has 3 fully saturated rings. The van der Waals surface area contributed by atoms with Gasteiger partial charge in [-0.25, -0.2) is 4.57 Å². The number of phosphoric acid groups is 1. The average molecular weight is 483 g/mol. The van der Waals surface area contributed by atoms with Gasteiger partial charge in [0.1, 0.15) is 12.2 Å². The fourth-order valence-electron chi connectivity index (χ4n) is 7.65. The molecule has 8 atom stereocenters. The molecular formula is C24H35O8P. The molecule has 1 unspecified atom stereocenters. The van der Waals surface area contributed by atoms with Crippen molar-refractivity contribution in [3.8, 4) is 0 Å². The number of carbonyl (C=O) groups is 2. The van der Waals surface area contributed by atoms with Gasteiger partial charge in [0.15, 0.2) is 11.6 Å². The van der Waals surface area contributed by atoms with Crippen molar-refractivity contribution in [3.63, 3.8) is 0 Å². The minimum Gasteiger partial charge on any atom is -0.393 e.